The third-order valence-corrected chi connectivity index (χ3v) is 6.16. The smallest absolute Gasteiger partial charge is 0.191 e. The van der Waals surface area contributed by atoms with E-state index in [0.717, 1.165) is 24.2 Å². The Morgan fingerprint density at radius 1 is 1.03 bits per heavy atom. The summed E-state index contributed by atoms with van der Waals surface area (Å²) in [5, 5.41) is 6.36. The Hall–Kier alpha value is -1.88. The molecule has 2 rings (SSSR count). The largest absolute Gasteiger partial charge is 0.370 e. The van der Waals surface area contributed by atoms with E-state index in [1.54, 1.807) is 32.2 Å². The maximum atomic E-state index is 14.4. The molecule has 0 saturated carbocycles. The van der Waals surface area contributed by atoms with Crippen LogP contribution in [0.5, 0.6) is 0 Å². The number of nitrogens with zero attached hydrogens (tertiary/aromatic N) is 2. The molecule has 6 nitrogen and oxygen atoms in total. The van der Waals surface area contributed by atoms with Crippen LogP contribution in [0.4, 0.5) is 10.1 Å². The number of guanidine groups is 1. The van der Waals surface area contributed by atoms with Crippen LogP contribution in [0.2, 0.25) is 0 Å². The summed E-state index contributed by atoms with van der Waals surface area (Å²) < 4.78 is 37.9. The molecule has 172 valence electrons. The van der Waals surface area contributed by atoms with Gasteiger partial charge >= 0.3 is 0 Å². The molecule has 0 spiro atoms. The first-order valence-electron chi connectivity index (χ1n) is 9.97. The molecule has 0 radical (unpaired) electrons. The van der Waals surface area contributed by atoms with Gasteiger partial charge in [-0.1, -0.05) is 18.2 Å². The minimum atomic E-state index is -3.23. The van der Waals surface area contributed by atoms with Crippen LogP contribution < -0.4 is 15.5 Å². The highest BCUT2D eigenvalue weighted by Crippen LogP contribution is 2.20. The fourth-order valence-corrected chi connectivity index (χ4v) is 4.27. The SMILES string of the molecule is CCN(CC)c1ccc(CNC(=NC)NCc2ccc(S(C)(=O)=O)c(C)c2)cc1F.I. The number of nitrogens with one attached hydrogen (secondary N) is 2. The van der Waals surface area contributed by atoms with Crippen molar-refractivity contribution in [2.75, 3.05) is 31.3 Å². The summed E-state index contributed by atoms with van der Waals surface area (Å²) in [5.74, 6) is 0.343. The molecule has 2 N–H and O–H groups in total. The summed E-state index contributed by atoms with van der Waals surface area (Å²) in [5.41, 5.74) is 3.08. The fourth-order valence-electron chi connectivity index (χ4n) is 3.31. The zero-order chi connectivity index (χ0) is 22.3. The number of anilines is 1. The number of benzene rings is 2. The number of sulfone groups is 1. The second-order valence-electron chi connectivity index (χ2n) is 7.11. The van der Waals surface area contributed by atoms with E-state index in [-0.39, 0.29) is 29.8 Å². The Morgan fingerprint density at radius 2 is 1.58 bits per heavy atom. The highest BCUT2D eigenvalue weighted by Gasteiger charge is 2.12. The van der Waals surface area contributed by atoms with E-state index < -0.39 is 9.84 Å². The van der Waals surface area contributed by atoms with E-state index in [1.807, 2.05) is 36.9 Å². The monoisotopic (exact) mass is 562 g/mol. The molecule has 0 heterocycles. The predicted molar refractivity (Wildman–Crippen MR) is 137 cm³/mol. The Balaban J connectivity index is 0.00000480. The average molecular weight is 562 g/mol. The Morgan fingerprint density at radius 3 is 2.03 bits per heavy atom. The van der Waals surface area contributed by atoms with E-state index in [9.17, 15) is 12.8 Å². The molecule has 0 aliphatic carbocycles. The van der Waals surface area contributed by atoms with Crippen molar-refractivity contribution in [1.82, 2.24) is 10.6 Å². The van der Waals surface area contributed by atoms with Gasteiger partial charge in [0.1, 0.15) is 5.82 Å². The average Bonchev–Trinajstić information content (AvgIpc) is 2.69. The van der Waals surface area contributed by atoms with Gasteiger partial charge in [-0.2, -0.15) is 0 Å². The minimum absolute atomic E-state index is 0. The first-order valence-corrected chi connectivity index (χ1v) is 11.9. The lowest BCUT2D eigenvalue weighted by molar-refractivity contribution is 0.601. The van der Waals surface area contributed by atoms with Crippen molar-refractivity contribution < 1.29 is 12.8 Å². The second kappa shape index (κ2) is 12.2. The number of hydrogen-bond donors (Lipinski definition) is 2. The number of hydrogen-bond acceptors (Lipinski definition) is 4. The normalized spacial score (nSPS) is 11.6. The van der Waals surface area contributed by atoms with Crippen LogP contribution in [-0.2, 0) is 22.9 Å². The summed E-state index contributed by atoms with van der Waals surface area (Å²) in [6, 6.07) is 10.5. The van der Waals surface area contributed by atoms with Gasteiger partial charge in [0.25, 0.3) is 0 Å². The summed E-state index contributed by atoms with van der Waals surface area (Å²) >= 11 is 0. The molecule has 0 bridgehead atoms. The number of aryl methyl sites for hydroxylation is 1. The van der Waals surface area contributed by atoms with Gasteiger partial charge in [-0.3, -0.25) is 4.99 Å². The van der Waals surface area contributed by atoms with Gasteiger partial charge in [-0.05, 0) is 55.7 Å². The van der Waals surface area contributed by atoms with E-state index in [0.29, 0.717) is 35.2 Å². The number of halogens is 2. The van der Waals surface area contributed by atoms with E-state index in [4.69, 9.17) is 0 Å². The first-order chi connectivity index (χ1) is 14.2. The molecular formula is C22H32FIN4O2S. The van der Waals surface area contributed by atoms with E-state index in [2.05, 4.69) is 15.6 Å². The van der Waals surface area contributed by atoms with Crippen LogP contribution >= 0.6 is 24.0 Å². The Kier molecular flexibility index (Phi) is 10.7. The molecule has 0 aliphatic heterocycles. The van der Waals surface area contributed by atoms with Gasteiger partial charge < -0.3 is 15.5 Å². The molecule has 2 aromatic carbocycles. The summed E-state index contributed by atoms with van der Waals surface area (Å²) in [6.45, 7) is 8.22. The highest BCUT2D eigenvalue weighted by molar-refractivity contribution is 14.0. The zero-order valence-electron chi connectivity index (χ0n) is 18.7. The van der Waals surface area contributed by atoms with Crippen LogP contribution in [0.3, 0.4) is 0 Å². The Bertz CT molecular complexity index is 1010. The maximum absolute atomic E-state index is 14.4. The summed E-state index contributed by atoms with van der Waals surface area (Å²) in [6.07, 6.45) is 1.20. The van der Waals surface area contributed by atoms with Gasteiger partial charge in [0.05, 0.1) is 10.6 Å². The summed E-state index contributed by atoms with van der Waals surface area (Å²) in [4.78, 5) is 6.50. The number of rotatable bonds is 8. The van der Waals surface area contributed by atoms with Crippen molar-refractivity contribution in [3.8, 4) is 0 Å². The van der Waals surface area contributed by atoms with Gasteiger partial charge in [0.15, 0.2) is 15.8 Å². The van der Waals surface area contributed by atoms with Crippen LogP contribution in [-0.4, -0.2) is 40.8 Å². The topological polar surface area (TPSA) is 73.8 Å². The fraction of sp³-hybridized carbons (Fsp3) is 0.409. The van der Waals surface area contributed by atoms with Crippen molar-refractivity contribution >= 4 is 45.5 Å². The third kappa shape index (κ3) is 7.64. The molecule has 0 unspecified atom stereocenters. The standard InChI is InChI=1S/C22H31FN4O2S.HI/c1-6-27(7-2)20-10-8-18(13-19(20)23)15-26-22(24-4)25-14-17-9-11-21(16(3)12-17)30(5,28)29;/h8-13H,6-7,14-15H2,1-5H3,(H2,24,25,26);1H. The van der Waals surface area contributed by atoms with Gasteiger partial charge in [0.2, 0.25) is 0 Å². The molecule has 0 amide bonds. The van der Waals surface area contributed by atoms with E-state index >= 15 is 0 Å². The lowest BCUT2D eigenvalue weighted by Gasteiger charge is -2.22. The third-order valence-electron chi connectivity index (χ3n) is 4.90. The van der Waals surface area contributed by atoms with Crippen LogP contribution in [0, 0.1) is 12.7 Å². The highest BCUT2D eigenvalue weighted by atomic mass is 127. The zero-order valence-corrected chi connectivity index (χ0v) is 21.8. The van der Waals surface area contributed by atoms with Crippen molar-refractivity contribution in [2.24, 2.45) is 4.99 Å². The van der Waals surface area contributed by atoms with Crippen LogP contribution in [0.15, 0.2) is 46.3 Å². The second-order valence-corrected chi connectivity index (χ2v) is 9.09. The molecular weight excluding hydrogens is 530 g/mol. The van der Waals surface area contributed by atoms with Gasteiger partial charge in [-0.15, -0.1) is 24.0 Å². The van der Waals surface area contributed by atoms with Gasteiger partial charge in [0, 0.05) is 39.5 Å². The van der Waals surface area contributed by atoms with Crippen molar-refractivity contribution in [3.05, 3.63) is 58.9 Å². The van der Waals surface area contributed by atoms with Crippen LogP contribution in [0.1, 0.15) is 30.5 Å². The molecule has 31 heavy (non-hydrogen) atoms. The van der Waals surface area contributed by atoms with E-state index in [1.165, 1.54) is 6.26 Å². The minimum Gasteiger partial charge on any atom is -0.370 e. The van der Waals surface area contributed by atoms with Crippen molar-refractivity contribution in [2.45, 2.75) is 38.8 Å². The quantitative estimate of drug-likeness (QED) is 0.291. The number of aliphatic imine (C=N–C) groups is 1. The van der Waals surface area contributed by atoms with Crippen molar-refractivity contribution in [1.29, 1.82) is 0 Å². The lowest BCUT2D eigenvalue weighted by Crippen LogP contribution is -2.36. The molecule has 2 aromatic rings. The van der Waals surface area contributed by atoms with Crippen LogP contribution in [0.25, 0.3) is 0 Å². The first kappa shape index (κ1) is 27.2. The van der Waals surface area contributed by atoms with Gasteiger partial charge in [-0.25, -0.2) is 12.8 Å². The lowest BCUT2D eigenvalue weighted by atomic mass is 10.1. The van der Waals surface area contributed by atoms with Crippen molar-refractivity contribution in [3.63, 3.8) is 0 Å². The summed E-state index contributed by atoms with van der Waals surface area (Å²) in [7, 11) is -1.57. The Labute approximate surface area is 202 Å². The molecule has 0 fully saturated rings. The molecule has 0 aromatic heterocycles. The maximum Gasteiger partial charge on any atom is 0.191 e. The molecule has 0 aliphatic rings. The molecule has 0 atom stereocenters. The predicted octanol–water partition coefficient (Wildman–Crippen LogP) is 3.87. The molecule has 0 saturated heterocycles. The molecule has 9 heteroatoms.